The molecule has 3 aliphatic heterocycles. The average molecular weight is 417 g/mol. The second kappa shape index (κ2) is 8.04. The highest BCUT2D eigenvalue weighted by Crippen LogP contribution is 2.26. The Balaban J connectivity index is 1.46. The number of halogens is 1. The zero-order chi connectivity index (χ0) is 20.5. The van der Waals surface area contributed by atoms with Crippen molar-refractivity contribution in [2.75, 3.05) is 39.8 Å². The molecule has 9 heteroatoms. The zero-order valence-corrected chi connectivity index (χ0v) is 17.2. The number of urea groups is 1. The van der Waals surface area contributed by atoms with Gasteiger partial charge in [-0.25, -0.2) is 9.79 Å². The zero-order valence-electron chi connectivity index (χ0n) is 16.4. The standard InChI is InChI=1S/C20H25ClN6O2/c1-3-8-27-16-17(24(2)20(29)23-18(16)28)22-19(27)26-11-9-25(10-12-26)13-14-6-4-5-7-15(14)21/h3-7,16-17H,1,8-13H2,2H3,(H,23,28,29). The molecule has 2 fully saturated rings. The second-order valence-corrected chi connectivity index (χ2v) is 7.90. The van der Waals surface area contributed by atoms with Gasteiger partial charge in [-0.15, -0.1) is 6.58 Å². The Morgan fingerprint density at radius 3 is 2.66 bits per heavy atom. The van der Waals surface area contributed by atoms with E-state index in [1.807, 2.05) is 23.1 Å². The smallest absolute Gasteiger partial charge is 0.325 e. The SMILES string of the molecule is C=CCN1C(N2CCN(Cc3ccccc3Cl)CC2)=NC2C1C(=O)NC(=O)N2C. The van der Waals surface area contributed by atoms with E-state index in [1.165, 1.54) is 4.90 Å². The summed E-state index contributed by atoms with van der Waals surface area (Å²) in [5.74, 6) is 0.449. The summed E-state index contributed by atoms with van der Waals surface area (Å²) >= 11 is 6.30. The average Bonchev–Trinajstić information content (AvgIpc) is 3.09. The van der Waals surface area contributed by atoms with Crippen LogP contribution in [-0.4, -0.2) is 89.5 Å². The molecule has 3 aliphatic rings. The first kappa shape index (κ1) is 19.7. The fourth-order valence-corrected chi connectivity index (χ4v) is 4.28. The molecular formula is C20H25ClN6O2. The lowest BCUT2D eigenvalue weighted by atomic mass is 10.1. The van der Waals surface area contributed by atoms with Crippen molar-refractivity contribution in [2.24, 2.45) is 4.99 Å². The van der Waals surface area contributed by atoms with E-state index in [-0.39, 0.29) is 5.91 Å². The van der Waals surface area contributed by atoms with E-state index in [1.54, 1.807) is 13.1 Å². The van der Waals surface area contributed by atoms with Crippen molar-refractivity contribution in [2.45, 2.75) is 18.8 Å². The third kappa shape index (κ3) is 3.70. The van der Waals surface area contributed by atoms with Crippen LogP contribution in [0.25, 0.3) is 0 Å². The van der Waals surface area contributed by atoms with Crippen molar-refractivity contribution in [3.63, 3.8) is 0 Å². The number of imide groups is 1. The van der Waals surface area contributed by atoms with Crippen LogP contribution in [0.15, 0.2) is 41.9 Å². The lowest BCUT2D eigenvalue weighted by molar-refractivity contribution is -0.127. The molecule has 0 radical (unpaired) electrons. The molecule has 29 heavy (non-hydrogen) atoms. The minimum atomic E-state index is -0.521. The van der Waals surface area contributed by atoms with Crippen molar-refractivity contribution in [1.82, 2.24) is 24.9 Å². The van der Waals surface area contributed by atoms with Crippen LogP contribution in [0.2, 0.25) is 5.02 Å². The number of benzene rings is 1. The van der Waals surface area contributed by atoms with Crippen LogP contribution in [-0.2, 0) is 11.3 Å². The fourth-order valence-electron chi connectivity index (χ4n) is 4.08. The second-order valence-electron chi connectivity index (χ2n) is 7.49. The van der Waals surface area contributed by atoms with E-state index in [0.29, 0.717) is 6.54 Å². The predicted molar refractivity (Wildman–Crippen MR) is 112 cm³/mol. The van der Waals surface area contributed by atoms with E-state index in [4.69, 9.17) is 16.6 Å². The third-order valence-electron chi connectivity index (χ3n) is 5.67. The highest BCUT2D eigenvalue weighted by Gasteiger charge is 2.49. The monoisotopic (exact) mass is 416 g/mol. The summed E-state index contributed by atoms with van der Waals surface area (Å²) in [6, 6.07) is 6.97. The number of piperazine rings is 1. The van der Waals surface area contributed by atoms with Crippen LogP contribution >= 0.6 is 11.6 Å². The van der Waals surface area contributed by atoms with Gasteiger partial charge in [-0.05, 0) is 11.6 Å². The summed E-state index contributed by atoms with van der Waals surface area (Å²) in [5, 5.41) is 3.20. The Bertz CT molecular complexity index is 851. The number of nitrogens with zero attached hydrogens (tertiary/aromatic N) is 5. The number of guanidine groups is 1. The predicted octanol–water partition coefficient (Wildman–Crippen LogP) is 1.19. The first-order chi connectivity index (χ1) is 14.0. The number of rotatable bonds is 4. The van der Waals surface area contributed by atoms with Gasteiger partial charge in [-0.2, -0.15) is 0 Å². The number of carbonyl (C=O) groups is 2. The lowest BCUT2D eigenvalue weighted by Gasteiger charge is -2.40. The molecule has 8 nitrogen and oxygen atoms in total. The molecule has 3 amide bonds. The molecule has 3 heterocycles. The molecule has 0 spiro atoms. The van der Waals surface area contributed by atoms with Gasteiger partial charge < -0.3 is 14.7 Å². The first-order valence-corrected chi connectivity index (χ1v) is 10.1. The van der Waals surface area contributed by atoms with Crippen LogP contribution in [0.3, 0.4) is 0 Å². The fraction of sp³-hybridized carbons (Fsp3) is 0.450. The van der Waals surface area contributed by atoms with Gasteiger partial charge in [-0.1, -0.05) is 35.9 Å². The normalized spacial score (nSPS) is 25.0. The van der Waals surface area contributed by atoms with Gasteiger partial charge in [0.1, 0.15) is 0 Å². The molecule has 0 bridgehead atoms. The Kier molecular flexibility index (Phi) is 5.47. The number of hydrogen-bond acceptors (Lipinski definition) is 6. The Labute approximate surface area is 175 Å². The van der Waals surface area contributed by atoms with Crippen molar-refractivity contribution in [3.05, 3.63) is 47.5 Å². The van der Waals surface area contributed by atoms with Gasteiger partial charge in [-0.3, -0.25) is 15.0 Å². The van der Waals surface area contributed by atoms with Crippen molar-refractivity contribution in [1.29, 1.82) is 0 Å². The Morgan fingerprint density at radius 1 is 1.24 bits per heavy atom. The maximum absolute atomic E-state index is 12.5. The van der Waals surface area contributed by atoms with E-state index in [9.17, 15) is 9.59 Å². The molecule has 4 rings (SSSR count). The van der Waals surface area contributed by atoms with Gasteiger partial charge >= 0.3 is 6.03 Å². The maximum atomic E-state index is 12.5. The summed E-state index contributed by atoms with van der Waals surface area (Å²) in [4.78, 5) is 37.2. The van der Waals surface area contributed by atoms with Crippen molar-refractivity contribution in [3.8, 4) is 0 Å². The molecule has 0 saturated carbocycles. The molecule has 2 atom stereocenters. The van der Waals surface area contributed by atoms with Crippen LogP contribution in [0.1, 0.15) is 5.56 Å². The highest BCUT2D eigenvalue weighted by atomic mass is 35.5. The highest BCUT2D eigenvalue weighted by molar-refractivity contribution is 6.31. The Morgan fingerprint density at radius 2 is 1.97 bits per heavy atom. The van der Waals surface area contributed by atoms with Crippen molar-refractivity contribution < 1.29 is 9.59 Å². The van der Waals surface area contributed by atoms with Crippen molar-refractivity contribution >= 4 is 29.5 Å². The van der Waals surface area contributed by atoms with Gasteiger partial charge in [0.25, 0.3) is 5.91 Å². The number of amides is 3. The minimum Gasteiger partial charge on any atom is -0.340 e. The molecule has 1 N–H and O–H groups in total. The molecule has 2 unspecified atom stereocenters. The third-order valence-corrected chi connectivity index (χ3v) is 6.04. The minimum absolute atomic E-state index is 0.309. The number of nitrogens with one attached hydrogen (secondary N) is 1. The van der Waals surface area contributed by atoms with Crippen LogP contribution in [0.4, 0.5) is 4.79 Å². The molecule has 154 valence electrons. The molecule has 0 aromatic heterocycles. The van der Waals surface area contributed by atoms with E-state index >= 15 is 0 Å². The number of likely N-dealkylation sites (N-methyl/N-ethyl adjacent to an activating group) is 1. The lowest BCUT2D eigenvalue weighted by Crippen LogP contribution is -2.64. The molecule has 1 aromatic rings. The topological polar surface area (TPSA) is 71.5 Å². The maximum Gasteiger partial charge on any atom is 0.325 e. The van der Waals surface area contributed by atoms with Gasteiger partial charge in [0.15, 0.2) is 18.2 Å². The molecular weight excluding hydrogens is 392 g/mol. The number of carbonyl (C=O) groups excluding carboxylic acids is 2. The van der Waals surface area contributed by atoms with Crippen LogP contribution < -0.4 is 5.32 Å². The first-order valence-electron chi connectivity index (χ1n) is 9.73. The molecule has 0 aliphatic carbocycles. The van der Waals surface area contributed by atoms with Crippen LogP contribution in [0, 0.1) is 0 Å². The summed E-state index contributed by atoms with van der Waals surface area (Å²) in [7, 11) is 1.67. The summed E-state index contributed by atoms with van der Waals surface area (Å²) in [5.41, 5.74) is 1.12. The number of fused-ring (bicyclic) bond motifs is 1. The number of hydrogen-bond donors (Lipinski definition) is 1. The van der Waals surface area contributed by atoms with Crippen LogP contribution in [0.5, 0.6) is 0 Å². The summed E-state index contributed by atoms with van der Waals surface area (Å²) < 4.78 is 0. The number of aliphatic imine (C=N–C) groups is 1. The summed E-state index contributed by atoms with van der Waals surface area (Å²) in [6.45, 7) is 8.42. The molecule has 2 saturated heterocycles. The Hall–Kier alpha value is -2.58. The van der Waals surface area contributed by atoms with Gasteiger partial charge in [0.2, 0.25) is 0 Å². The van der Waals surface area contributed by atoms with E-state index < -0.39 is 18.2 Å². The quantitative estimate of drug-likeness (QED) is 0.746. The van der Waals surface area contributed by atoms with E-state index in [2.05, 4.69) is 27.8 Å². The van der Waals surface area contributed by atoms with E-state index in [0.717, 1.165) is 49.3 Å². The largest absolute Gasteiger partial charge is 0.340 e. The van der Waals surface area contributed by atoms with Gasteiger partial charge in [0.05, 0.1) is 0 Å². The summed E-state index contributed by atoms with van der Waals surface area (Å²) in [6.07, 6.45) is 1.25. The van der Waals surface area contributed by atoms with Gasteiger partial charge in [0, 0.05) is 51.3 Å². The molecule has 1 aromatic carbocycles.